The smallest absolute Gasteiger partial charge is 0.394 e. The van der Waals surface area contributed by atoms with Crippen molar-refractivity contribution < 1.29 is 22.5 Å². The largest absolute Gasteiger partial charge is 0.446 e. The average Bonchev–Trinajstić information content (AvgIpc) is 2.81. The Hall–Kier alpha value is -1.85. The van der Waals surface area contributed by atoms with E-state index in [4.69, 9.17) is 9.97 Å². The van der Waals surface area contributed by atoms with Crippen LogP contribution in [0.15, 0.2) is 34.1 Å². The maximum absolute atomic E-state index is 12.8. The maximum atomic E-state index is 12.8. The fraction of sp³-hybridized carbons (Fsp3) is 0.583. The Labute approximate surface area is 209 Å². The van der Waals surface area contributed by atoms with Crippen LogP contribution in [0.4, 0.5) is 24.9 Å². The van der Waals surface area contributed by atoms with Crippen LogP contribution in [-0.4, -0.2) is 55.8 Å². The van der Waals surface area contributed by atoms with Gasteiger partial charge in [-0.2, -0.15) is 18.2 Å². The van der Waals surface area contributed by atoms with Crippen LogP contribution in [0.3, 0.4) is 0 Å². The van der Waals surface area contributed by atoms with E-state index in [2.05, 4.69) is 10.2 Å². The van der Waals surface area contributed by atoms with Gasteiger partial charge in [0.05, 0.1) is 28.6 Å². The van der Waals surface area contributed by atoms with E-state index >= 15 is 0 Å². The Morgan fingerprint density at radius 1 is 1.14 bits per heavy atom. The number of anilines is 2. The van der Waals surface area contributed by atoms with Crippen LogP contribution in [0.2, 0.25) is 0 Å². The number of aliphatic hydroxyl groups is 1. The molecule has 0 unspecified atom stereocenters. The first-order valence-electron chi connectivity index (χ1n) is 12.0. The van der Waals surface area contributed by atoms with E-state index < -0.39 is 21.8 Å². The fourth-order valence-electron chi connectivity index (χ4n) is 5.12. The lowest BCUT2D eigenvalue weighted by atomic mass is 9.77. The second-order valence-corrected chi connectivity index (χ2v) is 12.2. The molecule has 1 aromatic heterocycles. The number of hydrogen-bond donors (Lipinski definition) is 2. The molecule has 190 valence electrons. The highest BCUT2D eigenvalue weighted by atomic mass is 32.2. The van der Waals surface area contributed by atoms with Crippen LogP contribution in [0.25, 0.3) is 0 Å². The zero-order chi connectivity index (χ0) is 24.6. The van der Waals surface area contributed by atoms with E-state index in [1.54, 1.807) is 24.3 Å². The molecule has 35 heavy (non-hydrogen) atoms. The van der Waals surface area contributed by atoms with Crippen LogP contribution < -0.4 is 10.2 Å². The molecule has 5 rings (SSSR count). The summed E-state index contributed by atoms with van der Waals surface area (Å²) in [5.41, 5.74) is -2.80. The average molecular weight is 527 g/mol. The van der Waals surface area contributed by atoms with Crippen molar-refractivity contribution in [1.29, 1.82) is 0 Å². The van der Waals surface area contributed by atoms with E-state index in [0.717, 1.165) is 69.3 Å². The van der Waals surface area contributed by atoms with E-state index in [1.165, 1.54) is 0 Å². The first-order valence-corrected chi connectivity index (χ1v) is 14.2. The number of alkyl halides is 3. The minimum Gasteiger partial charge on any atom is -0.394 e. The van der Waals surface area contributed by atoms with Crippen molar-refractivity contribution in [1.82, 2.24) is 9.97 Å². The number of aryl methyl sites for hydroxylation is 1. The van der Waals surface area contributed by atoms with Crippen molar-refractivity contribution in [2.45, 2.75) is 71.7 Å². The minimum atomic E-state index is -4.28. The van der Waals surface area contributed by atoms with Gasteiger partial charge in [0.2, 0.25) is 5.95 Å². The number of hydrogen-bond acceptors (Lipinski definition) is 7. The van der Waals surface area contributed by atoms with Crippen LogP contribution in [0, 0.1) is 0 Å². The number of nitrogens with zero attached hydrogens (tertiary/aromatic N) is 3. The predicted octanol–water partition coefficient (Wildman–Crippen LogP) is 4.85. The maximum Gasteiger partial charge on any atom is 0.446 e. The Morgan fingerprint density at radius 3 is 2.46 bits per heavy atom. The lowest BCUT2D eigenvalue weighted by molar-refractivity contribution is -0.0328. The number of piperidine rings is 1. The standard InChI is InChI=1S/C24H29F3N4O2S2/c25-24(26,27)34-18-6-4-16(5-7-18)17-8-12-31(13-9-17)22-28-19-3-1-14-35(33)20(19)21(29-22)30-23(15-32)10-2-11-23/h4-7,17,32H,1-3,8-15H2,(H,28,29,30)/t35-/m0/s1. The number of fused-ring (bicyclic) bond motifs is 1. The molecule has 1 aromatic carbocycles. The topological polar surface area (TPSA) is 78.4 Å². The molecule has 1 atom stereocenters. The van der Waals surface area contributed by atoms with Gasteiger partial charge in [-0.1, -0.05) is 12.1 Å². The van der Waals surface area contributed by atoms with E-state index in [1.807, 2.05) is 0 Å². The summed E-state index contributed by atoms with van der Waals surface area (Å²) in [5.74, 6) is 2.08. The number of benzene rings is 1. The Bertz CT molecular complexity index is 1080. The summed E-state index contributed by atoms with van der Waals surface area (Å²) in [7, 11) is -1.15. The molecule has 1 saturated carbocycles. The van der Waals surface area contributed by atoms with Gasteiger partial charge in [0.25, 0.3) is 0 Å². The molecule has 0 amide bonds. The Morgan fingerprint density at radius 2 is 1.86 bits per heavy atom. The Balaban J connectivity index is 1.31. The number of aliphatic hydroxyl groups excluding tert-OH is 1. The van der Waals surface area contributed by atoms with Crippen LogP contribution >= 0.6 is 11.8 Å². The highest BCUT2D eigenvalue weighted by Gasteiger charge is 2.39. The molecule has 2 aromatic rings. The van der Waals surface area contributed by atoms with Gasteiger partial charge < -0.3 is 15.3 Å². The van der Waals surface area contributed by atoms with Crippen LogP contribution in [0.1, 0.15) is 55.7 Å². The van der Waals surface area contributed by atoms with Crippen molar-refractivity contribution in [3.05, 3.63) is 35.5 Å². The van der Waals surface area contributed by atoms with E-state index in [9.17, 15) is 22.5 Å². The van der Waals surface area contributed by atoms with Crippen molar-refractivity contribution in [2.24, 2.45) is 0 Å². The monoisotopic (exact) mass is 526 g/mol. The van der Waals surface area contributed by atoms with Gasteiger partial charge in [-0.3, -0.25) is 4.21 Å². The molecule has 2 fully saturated rings. The minimum absolute atomic E-state index is 0.0133. The molecule has 3 aliphatic rings. The molecule has 0 bridgehead atoms. The van der Waals surface area contributed by atoms with Crippen molar-refractivity contribution >= 4 is 34.3 Å². The van der Waals surface area contributed by atoms with Crippen LogP contribution in [0.5, 0.6) is 0 Å². The molecule has 3 heterocycles. The molecule has 2 N–H and O–H groups in total. The van der Waals surface area contributed by atoms with Gasteiger partial charge in [0.1, 0.15) is 10.7 Å². The van der Waals surface area contributed by atoms with Gasteiger partial charge in [0, 0.05) is 23.7 Å². The lowest BCUT2D eigenvalue weighted by Gasteiger charge is -2.42. The van der Waals surface area contributed by atoms with Crippen molar-refractivity contribution in [3.8, 4) is 0 Å². The number of halogens is 3. The number of rotatable bonds is 6. The summed E-state index contributed by atoms with van der Waals surface area (Å²) < 4.78 is 50.6. The summed E-state index contributed by atoms with van der Waals surface area (Å²) in [6.45, 7) is 1.48. The third-order valence-corrected chi connectivity index (χ3v) is 9.54. The van der Waals surface area contributed by atoms with E-state index in [0.29, 0.717) is 22.4 Å². The van der Waals surface area contributed by atoms with E-state index in [-0.39, 0.29) is 29.2 Å². The number of aromatic nitrogens is 2. The molecule has 6 nitrogen and oxygen atoms in total. The van der Waals surface area contributed by atoms with Gasteiger partial charge in [0.15, 0.2) is 0 Å². The summed E-state index contributed by atoms with van der Waals surface area (Å²) in [6, 6.07) is 6.69. The lowest BCUT2D eigenvalue weighted by Crippen LogP contribution is -2.49. The molecular weight excluding hydrogens is 497 g/mol. The first-order chi connectivity index (χ1) is 16.8. The Kier molecular flexibility index (Phi) is 7.02. The molecule has 1 aliphatic carbocycles. The molecule has 0 spiro atoms. The normalized spacial score (nSPS) is 22.4. The highest BCUT2D eigenvalue weighted by Crippen LogP contribution is 2.40. The molecular formula is C24H29F3N4O2S2. The summed E-state index contributed by atoms with van der Waals surface area (Å²) in [4.78, 5) is 12.6. The molecule has 0 radical (unpaired) electrons. The summed E-state index contributed by atoms with van der Waals surface area (Å²) in [5, 5.41) is 13.4. The van der Waals surface area contributed by atoms with Crippen molar-refractivity contribution in [2.75, 3.05) is 35.7 Å². The number of nitrogens with one attached hydrogen (secondary N) is 1. The third-order valence-electron chi connectivity index (χ3n) is 7.25. The van der Waals surface area contributed by atoms with Gasteiger partial charge >= 0.3 is 5.51 Å². The second kappa shape index (κ2) is 9.89. The van der Waals surface area contributed by atoms with Crippen molar-refractivity contribution in [3.63, 3.8) is 0 Å². The fourth-order valence-corrected chi connectivity index (χ4v) is 7.00. The van der Waals surface area contributed by atoms with Crippen LogP contribution in [-0.2, 0) is 17.2 Å². The summed E-state index contributed by atoms with van der Waals surface area (Å²) in [6.07, 6.45) is 6.04. The first kappa shape index (κ1) is 24.8. The van der Waals surface area contributed by atoms with Gasteiger partial charge in [-0.25, -0.2) is 4.98 Å². The summed E-state index contributed by atoms with van der Waals surface area (Å²) >= 11 is -0.0906. The third kappa shape index (κ3) is 5.46. The second-order valence-electron chi connectivity index (χ2n) is 9.60. The zero-order valence-corrected chi connectivity index (χ0v) is 20.9. The quantitative estimate of drug-likeness (QED) is 0.521. The SMILES string of the molecule is O=[S@]1CCCc2nc(N3CCC(c4ccc(SC(F)(F)F)cc4)CC3)nc(NC3(CO)CCC3)c21. The van der Waals surface area contributed by atoms with Gasteiger partial charge in [-0.15, -0.1) is 0 Å². The predicted molar refractivity (Wildman–Crippen MR) is 131 cm³/mol. The van der Waals surface area contributed by atoms with Gasteiger partial charge in [-0.05, 0) is 80.3 Å². The molecule has 1 saturated heterocycles. The highest BCUT2D eigenvalue weighted by molar-refractivity contribution is 8.00. The molecule has 2 aliphatic heterocycles. The molecule has 11 heteroatoms. The zero-order valence-electron chi connectivity index (χ0n) is 19.3. The number of thioether (sulfide) groups is 1.